The molecule has 3 rings (SSSR count). The van der Waals surface area contributed by atoms with Crippen LogP contribution in [0.5, 0.6) is 5.75 Å². The Morgan fingerprint density at radius 3 is 2.54 bits per heavy atom. The van der Waals surface area contributed by atoms with Crippen LogP contribution in [0.4, 0.5) is 0 Å². The molecule has 1 heterocycles. The summed E-state index contributed by atoms with van der Waals surface area (Å²) < 4.78 is 11.4. The van der Waals surface area contributed by atoms with Crippen LogP contribution in [-0.2, 0) is 17.9 Å². The molecule has 7 heteroatoms. The van der Waals surface area contributed by atoms with Crippen molar-refractivity contribution in [3.05, 3.63) is 64.7 Å². The van der Waals surface area contributed by atoms with E-state index in [9.17, 15) is 0 Å². The molecular formula is C21H29Cl3N2O2. The molecule has 0 amide bonds. The van der Waals surface area contributed by atoms with Gasteiger partial charge < -0.3 is 14.8 Å². The molecule has 4 nitrogen and oxygen atoms in total. The third-order valence-electron chi connectivity index (χ3n) is 4.51. The molecule has 1 aliphatic heterocycles. The van der Waals surface area contributed by atoms with Crippen molar-refractivity contribution in [1.29, 1.82) is 0 Å². The van der Waals surface area contributed by atoms with Crippen molar-refractivity contribution >= 4 is 36.4 Å². The second-order valence-corrected chi connectivity index (χ2v) is 6.95. The molecule has 2 aromatic carbocycles. The number of rotatable bonds is 9. The van der Waals surface area contributed by atoms with E-state index >= 15 is 0 Å². The zero-order valence-electron chi connectivity index (χ0n) is 15.9. The van der Waals surface area contributed by atoms with Crippen molar-refractivity contribution in [2.75, 3.05) is 39.4 Å². The van der Waals surface area contributed by atoms with E-state index in [2.05, 4.69) is 22.3 Å². The maximum atomic E-state index is 6.17. The fraction of sp³-hybridized carbons (Fsp3) is 0.429. The van der Waals surface area contributed by atoms with E-state index in [0.717, 1.165) is 74.3 Å². The van der Waals surface area contributed by atoms with Gasteiger partial charge in [-0.2, -0.15) is 0 Å². The minimum atomic E-state index is 0. The van der Waals surface area contributed by atoms with Gasteiger partial charge in [-0.3, -0.25) is 4.90 Å². The molecule has 1 N–H and O–H groups in total. The Kier molecular flexibility index (Phi) is 12.6. The number of ether oxygens (including phenoxy) is 2. The number of hydrogen-bond acceptors (Lipinski definition) is 4. The molecule has 156 valence electrons. The number of benzene rings is 2. The van der Waals surface area contributed by atoms with Gasteiger partial charge in [0.05, 0.1) is 13.2 Å². The molecule has 1 aliphatic rings. The van der Waals surface area contributed by atoms with Crippen molar-refractivity contribution in [2.24, 2.45) is 0 Å². The zero-order chi connectivity index (χ0) is 18.0. The fourth-order valence-electron chi connectivity index (χ4n) is 3.04. The Hall–Kier alpha value is -1.01. The molecule has 1 fully saturated rings. The van der Waals surface area contributed by atoms with Gasteiger partial charge in [0.15, 0.2) is 0 Å². The summed E-state index contributed by atoms with van der Waals surface area (Å²) in [6.07, 6.45) is 1.13. The monoisotopic (exact) mass is 446 g/mol. The summed E-state index contributed by atoms with van der Waals surface area (Å²) in [5, 5.41) is 4.25. The van der Waals surface area contributed by atoms with Crippen LogP contribution in [0.3, 0.4) is 0 Å². The Labute approximate surface area is 185 Å². The number of nitrogens with one attached hydrogen (secondary N) is 1. The Morgan fingerprint density at radius 2 is 1.79 bits per heavy atom. The summed E-state index contributed by atoms with van der Waals surface area (Å²) in [5.41, 5.74) is 2.26. The van der Waals surface area contributed by atoms with Gasteiger partial charge in [0, 0.05) is 30.2 Å². The zero-order valence-corrected chi connectivity index (χ0v) is 18.3. The van der Waals surface area contributed by atoms with E-state index in [0.29, 0.717) is 6.61 Å². The van der Waals surface area contributed by atoms with Crippen LogP contribution in [0.25, 0.3) is 0 Å². The highest BCUT2D eigenvalue weighted by Gasteiger charge is 2.09. The molecule has 0 bridgehead atoms. The third-order valence-corrected chi connectivity index (χ3v) is 4.74. The first-order valence-corrected chi connectivity index (χ1v) is 9.65. The molecule has 0 unspecified atom stereocenters. The summed E-state index contributed by atoms with van der Waals surface area (Å²) in [6, 6.07) is 16.0. The smallest absolute Gasteiger partial charge is 0.124 e. The first kappa shape index (κ1) is 25.0. The molecule has 0 atom stereocenters. The van der Waals surface area contributed by atoms with Crippen molar-refractivity contribution in [3.8, 4) is 5.75 Å². The van der Waals surface area contributed by atoms with E-state index in [-0.39, 0.29) is 24.8 Å². The van der Waals surface area contributed by atoms with Gasteiger partial charge in [0.2, 0.25) is 0 Å². The Balaban J connectivity index is 0.00000196. The standard InChI is InChI=1S/C21H27ClN2O2.2ClH/c22-20-7-8-21(26-17-18-5-2-1-3-6-18)19(15-20)16-23-9-4-10-24-11-13-25-14-12-24;;/h1-3,5-8,15,23H,4,9-14,16-17H2;2*1H. The second-order valence-electron chi connectivity index (χ2n) is 6.51. The SMILES string of the molecule is Cl.Cl.Clc1ccc(OCc2ccccc2)c(CNCCCN2CCOCC2)c1. The van der Waals surface area contributed by atoms with Crippen LogP contribution >= 0.6 is 36.4 Å². The highest BCUT2D eigenvalue weighted by atomic mass is 35.5. The van der Waals surface area contributed by atoms with Gasteiger partial charge in [-0.1, -0.05) is 41.9 Å². The van der Waals surface area contributed by atoms with Crippen LogP contribution in [0.2, 0.25) is 5.02 Å². The van der Waals surface area contributed by atoms with Gasteiger partial charge in [0.25, 0.3) is 0 Å². The predicted octanol–water partition coefficient (Wildman–Crippen LogP) is 4.57. The lowest BCUT2D eigenvalue weighted by Gasteiger charge is -2.26. The summed E-state index contributed by atoms with van der Waals surface area (Å²) in [6.45, 7) is 7.22. The quantitative estimate of drug-likeness (QED) is 0.571. The van der Waals surface area contributed by atoms with Gasteiger partial charge >= 0.3 is 0 Å². The lowest BCUT2D eigenvalue weighted by atomic mass is 10.2. The van der Waals surface area contributed by atoms with Crippen LogP contribution in [0, 0.1) is 0 Å². The predicted molar refractivity (Wildman–Crippen MR) is 120 cm³/mol. The first-order valence-electron chi connectivity index (χ1n) is 9.27. The topological polar surface area (TPSA) is 33.7 Å². The number of hydrogen-bond donors (Lipinski definition) is 1. The van der Waals surface area contributed by atoms with Crippen molar-refractivity contribution < 1.29 is 9.47 Å². The average Bonchev–Trinajstić information content (AvgIpc) is 2.69. The minimum absolute atomic E-state index is 0. The Bertz CT molecular complexity index is 668. The van der Waals surface area contributed by atoms with Gasteiger partial charge in [-0.25, -0.2) is 0 Å². The normalized spacial score (nSPS) is 14.0. The van der Waals surface area contributed by atoms with E-state index in [1.54, 1.807) is 0 Å². The maximum absolute atomic E-state index is 6.17. The largest absolute Gasteiger partial charge is 0.489 e. The molecule has 0 radical (unpaired) electrons. The summed E-state index contributed by atoms with van der Waals surface area (Å²) in [4.78, 5) is 2.46. The lowest BCUT2D eigenvalue weighted by molar-refractivity contribution is 0.0374. The number of halogens is 3. The average molecular weight is 448 g/mol. The molecule has 0 spiro atoms. The van der Waals surface area contributed by atoms with Crippen LogP contribution in [0.15, 0.2) is 48.5 Å². The molecule has 0 aromatic heterocycles. The Morgan fingerprint density at radius 1 is 1.04 bits per heavy atom. The van der Waals surface area contributed by atoms with Crippen molar-refractivity contribution in [1.82, 2.24) is 10.2 Å². The van der Waals surface area contributed by atoms with Gasteiger partial charge in [-0.15, -0.1) is 24.8 Å². The van der Waals surface area contributed by atoms with E-state index < -0.39 is 0 Å². The lowest BCUT2D eigenvalue weighted by Crippen LogP contribution is -2.37. The molecule has 0 aliphatic carbocycles. The molecule has 2 aromatic rings. The van der Waals surface area contributed by atoms with Crippen LogP contribution < -0.4 is 10.1 Å². The summed E-state index contributed by atoms with van der Waals surface area (Å²) in [5.74, 6) is 0.888. The first-order chi connectivity index (χ1) is 12.8. The molecule has 28 heavy (non-hydrogen) atoms. The van der Waals surface area contributed by atoms with Crippen molar-refractivity contribution in [3.63, 3.8) is 0 Å². The van der Waals surface area contributed by atoms with Crippen molar-refractivity contribution in [2.45, 2.75) is 19.6 Å². The van der Waals surface area contributed by atoms with Crippen LogP contribution in [0.1, 0.15) is 17.5 Å². The van der Waals surface area contributed by atoms with E-state index in [4.69, 9.17) is 21.1 Å². The third kappa shape index (κ3) is 8.56. The summed E-state index contributed by atoms with van der Waals surface area (Å²) in [7, 11) is 0. The molecule has 1 saturated heterocycles. The van der Waals surface area contributed by atoms with E-state index in [1.807, 2.05) is 36.4 Å². The highest BCUT2D eigenvalue weighted by Crippen LogP contribution is 2.24. The van der Waals surface area contributed by atoms with Gasteiger partial charge in [0.1, 0.15) is 12.4 Å². The fourth-order valence-corrected chi connectivity index (χ4v) is 3.23. The van der Waals surface area contributed by atoms with Crippen LogP contribution in [-0.4, -0.2) is 44.3 Å². The molecular weight excluding hydrogens is 419 g/mol. The molecule has 0 saturated carbocycles. The van der Waals surface area contributed by atoms with E-state index in [1.165, 1.54) is 0 Å². The van der Waals surface area contributed by atoms with Gasteiger partial charge in [-0.05, 0) is 43.3 Å². The highest BCUT2D eigenvalue weighted by molar-refractivity contribution is 6.30. The minimum Gasteiger partial charge on any atom is -0.489 e. The number of morpholine rings is 1. The number of nitrogens with zero attached hydrogens (tertiary/aromatic N) is 1. The second kappa shape index (κ2) is 14.0. The maximum Gasteiger partial charge on any atom is 0.124 e. The summed E-state index contributed by atoms with van der Waals surface area (Å²) >= 11 is 6.17.